The minimum absolute atomic E-state index is 0.0573. The van der Waals surface area contributed by atoms with Gasteiger partial charge in [0.1, 0.15) is 4.90 Å². The van der Waals surface area contributed by atoms with Gasteiger partial charge in [-0.1, -0.05) is 54.1 Å². The van der Waals surface area contributed by atoms with Gasteiger partial charge in [0, 0.05) is 12.6 Å². The van der Waals surface area contributed by atoms with Crippen LogP contribution < -0.4 is 10.5 Å². The first kappa shape index (κ1) is 15.0. The topological polar surface area (TPSA) is 72.2 Å². The molecule has 4 nitrogen and oxygen atoms in total. The second-order valence-electron chi connectivity index (χ2n) is 4.30. The summed E-state index contributed by atoms with van der Waals surface area (Å²) < 4.78 is 26.8. The number of benzene rings is 2. The Labute approximate surface area is 123 Å². The molecule has 0 heterocycles. The Morgan fingerprint density at radius 1 is 1.05 bits per heavy atom. The maximum Gasteiger partial charge on any atom is 0.242 e. The molecule has 0 aliphatic heterocycles. The summed E-state index contributed by atoms with van der Waals surface area (Å²) in [5, 5.41) is 0.188. The Morgan fingerprint density at radius 2 is 1.65 bits per heavy atom. The number of halogens is 1. The smallest absolute Gasteiger partial charge is 0.242 e. The average Bonchev–Trinajstić information content (AvgIpc) is 2.46. The number of rotatable bonds is 5. The van der Waals surface area contributed by atoms with E-state index in [1.54, 1.807) is 12.1 Å². The number of hydrogen-bond acceptors (Lipinski definition) is 3. The van der Waals surface area contributed by atoms with Crippen molar-refractivity contribution < 1.29 is 8.42 Å². The normalized spacial score (nSPS) is 13.1. The molecular weight excluding hydrogens is 296 g/mol. The third kappa shape index (κ3) is 3.58. The van der Waals surface area contributed by atoms with E-state index in [-0.39, 0.29) is 16.5 Å². The van der Waals surface area contributed by atoms with Crippen molar-refractivity contribution in [2.45, 2.75) is 10.9 Å². The molecule has 2 aromatic carbocycles. The summed E-state index contributed by atoms with van der Waals surface area (Å²) in [5.74, 6) is 0. The highest BCUT2D eigenvalue weighted by molar-refractivity contribution is 7.89. The predicted molar refractivity (Wildman–Crippen MR) is 80.0 cm³/mol. The summed E-state index contributed by atoms with van der Waals surface area (Å²) in [5.41, 5.74) is 6.83. The van der Waals surface area contributed by atoms with Gasteiger partial charge in [0.2, 0.25) is 10.0 Å². The molecule has 20 heavy (non-hydrogen) atoms. The first-order valence-electron chi connectivity index (χ1n) is 6.05. The van der Waals surface area contributed by atoms with E-state index in [4.69, 9.17) is 17.3 Å². The molecule has 2 aromatic rings. The van der Waals surface area contributed by atoms with Gasteiger partial charge in [-0.15, -0.1) is 0 Å². The Kier molecular flexibility index (Phi) is 4.77. The lowest BCUT2D eigenvalue weighted by molar-refractivity contribution is 0.572. The maximum atomic E-state index is 12.1. The predicted octanol–water partition coefficient (Wildman–Crippen LogP) is 2.32. The summed E-state index contributed by atoms with van der Waals surface area (Å²) in [6.45, 7) is 0.109. The van der Waals surface area contributed by atoms with Crippen molar-refractivity contribution in [1.29, 1.82) is 0 Å². The molecule has 106 valence electrons. The molecule has 3 N–H and O–H groups in total. The van der Waals surface area contributed by atoms with Crippen LogP contribution in [0.25, 0.3) is 0 Å². The molecule has 0 radical (unpaired) electrons. The quantitative estimate of drug-likeness (QED) is 0.890. The van der Waals surface area contributed by atoms with E-state index in [1.807, 2.05) is 30.3 Å². The fraction of sp³-hybridized carbons (Fsp3) is 0.143. The number of hydrogen-bond donors (Lipinski definition) is 2. The van der Waals surface area contributed by atoms with Crippen LogP contribution in [-0.2, 0) is 10.0 Å². The van der Waals surface area contributed by atoms with Gasteiger partial charge in [0.05, 0.1) is 5.02 Å². The molecule has 0 spiro atoms. The summed E-state index contributed by atoms with van der Waals surface area (Å²) in [6.07, 6.45) is 0. The van der Waals surface area contributed by atoms with Crippen molar-refractivity contribution in [3.05, 3.63) is 65.2 Å². The van der Waals surface area contributed by atoms with Gasteiger partial charge in [0.15, 0.2) is 0 Å². The summed E-state index contributed by atoms with van der Waals surface area (Å²) in [4.78, 5) is 0.0573. The Hall–Kier alpha value is -1.40. The second-order valence-corrected chi connectivity index (χ2v) is 6.44. The van der Waals surface area contributed by atoms with Gasteiger partial charge >= 0.3 is 0 Å². The van der Waals surface area contributed by atoms with Crippen LogP contribution in [0.4, 0.5) is 0 Å². The molecule has 0 aliphatic rings. The van der Waals surface area contributed by atoms with Crippen molar-refractivity contribution in [1.82, 2.24) is 4.72 Å². The SMILES string of the molecule is N[C@@H](CNS(=O)(=O)c1ccccc1Cl)c1ccccc1. The minimum atomic E-state index is -3.66. The van der Waals surface area contributed by atoms with Crippen molar-refractivity contribution in [2.24, 2.45) is 5.73 Å². The van der Waals surface area contributed by atoms with Crippen LogP contribution >= 0.6 is 11.6 Å². The number of sulfonamides is 1. The molecule has 0 aliphatic carbocycles. The van der Waals surface area contributed by atoms with Crippen molar-refractivity contribution in [2.75, 3.05) is 6.54 Å². The van der Waals surface area contributed by atoms with Gasteiger partial charge in [-0.2, -0.15) is 0 Å². The zero-order valence-corrected chi connectivity index (χ0v) is 12.2. The third-order valence-electron chi connectivity index (χ3n) is 2.85. The number of nitrogens with two attached hydrogens (primary N) is 1. The Balaban J connectivity index is 2.09. The van der Waals surface area contributed by atoms with Crippen LogP contribution in [0.3, 0.4) is 0 Å². The van der Waals surface area contributed by atoms with Gasteiger partial charge in [-0.3, -0.25) is 0 Å². The van der Waals surface area contributed by atoms with Crippen LogP contribution in [0.2, 0.25) is 5.02 Å². The molecule has 2 rings (SSSR count). The van der Waals surface area contributed by atoms with E-state index in [9.17, 15) is 8.42 Å². The molecule has 0 saturated carbocycles. The molecule has 0 fully saturated rings. The minimum Gasteiger partial charge on any atom is -0.323 e. The van der Waals surface area contributed by atoms with E-state index in [0.29, 0.717) is 0 Å². The summed E-state index contributed by atoms with van der Waals surface area (Å²) >= 11 is 5.89. The van der Waals surface area contributed by atoms with Crippen LogP contribution in [0.1, 0.15) is 11.6 Å². The molecule has 6 heteroatoms. The fourth-order valence-corrected chi connectivity index (χ4v) is 3.34. The largest absolute Gasteiger partial charge is 0.323 e. The fourth-order valence-electron chi connectivity index (χ4n) is 1.76. The third-order valence-corrected chi connectivity index (χ3v) is 4.77. The van der Waals surface area contributed by atoms with Crippen LogP contribution in [0, 0.1) is 0 Å². The van der Waals surface area contributed by atoms with Crippen molar-refractivity contribution in [3.63, 3.8) is 0 Å². The highest BCUT2D eigenvalue weighted by Crippen LogP contribution is 2.20. The first-order valence-corrected chi connectivity index (χ1v) is 7.91. The van der Waals surface area contributed by atoms with Gasteiger partial charge in [0.25, 0.3) is 0 Å². The Morgan fingerprint density at radius 3 is 2.30 bits per heavy atom. The van der Waals surface area contributed by atoms with Crippen molar-refractivity contribution in [3.8, 4) is 0 Å². The van der Waals surface area contributed by atoms with Crippen LogP contribution in [0.5, 0.6) is 0 Å². The Bertz CT molecular complexity index is 675. The van der Waals surface area contributed by atoms with Crippen LogP contribution in [0.15, 0.2) is 59.5 Å². The molecule has 0 amide bonds. The molecule has 0 aromatic heterocycles. The van der Waals surface area contributed by atoms with Crippen LogP contribution in [-0.4, -0.2) is 15.0 Å². The molecule has 0 bridgehead atoms. The second kappa shape index (κ2) is 6.37. The standard InChI is InChI=1S/C14H15ClN2O2S/c15-12-8-4-5-9-14(12)20(18,19)17-10-13(16)11-6-2-1-3-7-11/h1-9,13,17H,10,16H2/t13-/m0/s1. The van der Waals surface area contributed by atoms with Gasteiger partial charge < -0.3 is 5.73 Å². The first-order chi connectivity index (χ1) is 9.50. The van der Waals surface area contributed by atoms with E-state index >= 15 is 0 Å². The zero-order chi connectivity index (χ0) is 14.6. The van der Waals surface area contributed by atoms with E-state index in [2.05, 4.69) is 4.72 Å². The van der Waals surface area contributed by atoms with Gasteiger partial charge in [-0.25, -0.2) is 13.1 Å². The highest BCUT2D eigenvalue weighted by atomic mass is 35.5. The van der Waals surface area contributed by atoms with Crippen molar-refractivity contribution >= 4 is 21.6 Å². The summed E-state index contributed by atoms with van der Waals surface area (Å²) in [7, 11) is -3.66. The maximum absolute atomic E-state index is 12.1. The highest BCUT2D eigenvalue weighted by Gasteiger charge is 2.18. The molecule has 0 unspecified atom stereocenters. The lowest BCUT2D eigenvalue weighted by Gasteiger charge is -2.14. The molecule has 1 atom stereocenters. The average molecular weight is 311 g/mol. The molecule has 0 saturated heterocycles. The van der Waals surface area contributed by atoms with Gasteiger partial charge in [-0.05, 0) is 17.7 Å². The van der Waals surface area contributed by atoms with E-state index < -0.39 is 16.1 Å². The van der Waals surface area contributed by atoms with E-state index in [1.165, 1.54) is 12.1 Å². The van der Waals surface area contributed by atoms with E-state index in [0.717, 1.165) is 5.56 Å². The molecular formula is C14H15ClN2O2S. The number of nitrogens with one attached hydrogen (secondary N) is 1. The zero-order valence-electron chi connectivity index (χ0n) is 10.7. The monoisotopic (exact) mass is 310 g/mol. The lowest BCUT2D eigenvalue weighted by atomic mass is 10.1. The lowest BCUT2D eigenvalue weighted by Crippen LogP contribution is -2.32. The summed E-state index contributed by atoms with van der Waals surface area (Å²) in [6, 6.07) is 15.2.